The lowest BCUT2D eigenvalue weighted by Crippen LogP contribution is -2.25. The topological polar surface area (TPSA) is 124 Å². The number of halogens is 3. The fourth-order valence-corrected chi connectivity index (χ4v) is 4.97. The van der Waals surface area contributed by atoms with Crippen molar-refractivity contribution in [2.75, 3.05) is 12.4 Å². The molecular formula is C23H19F3N6O4S. The minimum atomic E-state index is -5.04. The number of nitrogens with zero attached hydrogens (tertiary/aromatic N) is 4. The van der Waals surface area contributed by atoms with E-state index in [1.54, 1.807) is 42.2 Å². The number of hydrogen-bond donors (Lipinski definition) is 2. The van der Waals surface area contributed by atoms with Gasteiger partial charge < -0.3 is 19.0 Å². The van der Waals surface area contributed by atoms with E-state index >= 15 is 0 Å². The fourth-order valence-electron chi connectivity index (χ4n) is 3.83. The lowest BCUT2D eigenvalue weighted by Gasteiger charge is -2.14. The van der Waals surface area contributed by atoms with Crippen molar-refractivity contribution in [2.24, 2.45) is 7.05 Å². The van der Waals surface area contributed by atoms with Crippen molar-refractivity contribution in [1.29, 1.82) is 0 Å². The average molecular weight is 533 g/mol. The number of pyridine rings is 1. The van der Waals surface area contributed by atoms with Gasteiger partial charge in [-0.25, -0.2) is 23.1 Å². The maximum absolute atomic E-state index is 12.8. The first-order chi connectivity index (χ1) is 17.6. The van der Waals surface area contributed by atoms with E-state index in [0.29, 0.717) is 33.7 Å². The zero-order valence-electron chi connectivity index (χ0n) is 19.4. The number of ether oxygens (including phenoxy) is 1. The van der Waals surface area contributed by atoms with Gasteiger partial charge in [-0.3, -0.25) is 0 Å². The highest BCUT2D eigenvalue weighted by atomic mass is 32.2. The van der Waals surface area contributed by atoms with E-state index in [0.717, 1.165) is 17.6 Å². The molecule has 0 aliphatic heterocycles. The molecule has 0 aliphatic rings. The largest absolute Gasteiger partial charge is 0.573 e. The Balaban J connectivity index is 1.43. The van der Waals surface area contributed by atoms with Gasteiger partial charge in [-0.1, -0.05) is 24.3 Å². The number of anilines is 1. The normalized spacial score (nSPS) is 12.4. The summed E-state index contributed by atoms with van der Waals surface area (Å²) in [4.78, 5) is 12.7. The van der Waals surface area contributed by atoms with Gasteiger partial charge in [0.15, 0.2) is 11.3 Å². The number of rotatable bonds is 7. The van der Waals surface area contributed by atoms with Crippen LogP contribution in [0.15, 0.2) is 64.2 Å². The summed E-state index contributed by atoms with van der Waals surface area (Å²) >= 11 is 0. The van der Waals surface area contributed by atoms with Gasteiger partial charge in [-0.2, -0.15) is 4.98 Å². The highest BCUT2D eigenvalue weighted by molar-refractivity contribution is 7.89. The van der Waals surface area contributed by atoms with Crippen LogP contribution in [0.2, 0.25) is 0 Å². The number of sulfonamides is 1. The minimum Gasteiger partial charge on any atom is -0.418 e. The zero-order valence-corrected chi connectivity index (χ0v) is 20.2. The van der Waals surface area contributed by atoms with E-state index in [1.165, 1.54) is 12.1 Å². The molecule has 0 spiro atoms. The van der Waals surface area contributed by atoms with Crippen molar-refractivity contribution < 1.29 is 30.7 Å². The predicted octanol–water partition coefficient (Wildman–Crippen LogP) is 4.20. The molecule has 0 radical (unpaired) electrons. The van der Waals surface area contributed by atoms with Crippen LogP contribution >= 0.6 is 0 Å². The highest BCUT2D eigenvalue weighted by Gasteiger charge is 2.34. The Morgan fingerprint density at radius 2 is 1.86 bits per heavy atom. The predicted molar refractivity (Wildman–Crippen MR) is 128 cm³/mol. The number of aromatic nitrogens is 4. The molecule has 0 atom stereocenters. The molecule has 2 aromatic carbocycles. The van der Waals surface area contributed by atoms with Crippen molar-refractivity contribution in [2.45, 2.75) is 17.8 Å². The summed E-state index contributed by atoms with van der Waals surface area (Å²) < 4.78 is 77.5. The summed E-state index contributed by atoms with van der Waals surface area (Å²) in [6, 6.07) is 11.2. The molecule has 192 valence electrons. The molecule has 0 unspecified atom stereocenters. The van der Waals surface area contributed by atoms with E-state index in [1.807, 2.05) is 7.05 Å². The van der Waals surface area contributed by atoms with E-state index in [2.05, 4.69) is 29.7 Å². The molecule has 14 heteroatoms. The van der Waals surface area contributed by atoms with Crippen molar-refractivity contribution >= 4 is 38.1 Å². The first kappa shape index (κ1) is 24.5. The van der Waals surface area contributed by atoms with Crippen LogP contribution in [-0.4, -0.2) is 41.3 Å². The molecule has 0 amide bonds. The van der Waals surface area contributed by atoms with Gasteiger partial charge in [0.1, 0.15) is 21.7 Å². The Hall–Kier alpha value is -4.17. The van der Waals surface area contributed by atoms with Crippen molar-refractivity contribution in [3.8, 4) is 17.2 Å². The van der Waals surface area contributed by atoms with E-state index in [4.69, 9.17) is 4.42 Å². The maximum atomic E-state index is 12.8. The number of benzene rings is 2. The van der Waals surface area contributed by atoms with Crippen LogP contribution in [0.5, 0.6) is 5.75 Å². The van der Waals surface area contributed by atoms with Gasteiger partial charge >= 0.3 is 6.36 Å². The molecule has 2 N–H and O–H groups in total. The van der Waals surface area contributed by atoms with E-state index in [-0.39, 0.29) is 12.4 Å². The number of hydrogen-bond acceptors (Lipinski definition) is 8. The monoisotopic (exact) mass is 532 g/mol. The van der Waals surface area contributed by atoms with Crippen LogP contribution < -0.4 is 14.8 Å². The third-order valence-corrected chi connectivity index (χ3v) is 6.89. The second-order valence-electron chi connectivity index (χ2n) is 7.96. The number of para-hydroxylation sites is 1. The van der Waals surface area contributed by atoms with E-state index < -0.39 is 27.0 Å². The first-order valence-electron chi connectivity index (χ1n) is 10.8. The third kappa shape index (κ3) is 4.80. The quantitative estimate of drug-likeness (QED) is 0.320. The summed E-state index contributed by atoms with van der Waals surface area (Å²) in [5.41, 5.74) is 3.24. The smallest absolute Gasteiger partial charge is 0.418 e. The number of aryl methyl sites for hydroxylation is 1. The Kier molecular flexibility index (Phi) is 6.00. The Bertz CT molecular complexity index is 1730. The van der Waals surface area contributed by atoms with Gasteiger partial charge in [-0.15, -0.1) is 13.2 Å². The van der Waals surface area contributed by atoms with Crippen LogP contribution in [-0.2, 0) is 23.6 Å². The Labute approximate surface area is 208 Å². The molecule has 5 aromatic rings. The standard InChI is InChI=1S/C23H19F3N6O4S/c1-27-20-17-19(32(2)12-28-17)18-22(31-20)35-21(30-18)14-7-5-6-13(10-14)11-29-37(33,34)16-9-4-3-8-15(16)36-23(24,25)26/h3-10,12,29H,11H2,1-2H3,(H,27,31). The molecule has 3 heterocycles. The van der Waals surface area contributed by atoms with Gasteiger partial charge in [0, 0.05) is 26.2 Å². The number of imidazole rings is 1. The molecule has 0 bridgehead atoms. The summed E-state index contributed by atoms with van der Waals surface area (Å²) in [6.45, 7) is -0.203. The van der Waals surface area contributed by atoms with Gasteiger partial charge in [-0.05, 0) is 29.8 Å². The van der Waals surface area contributed by atoms with Gasteiger partial charge in [0.2, 0.25) is 15.9 Å². The Morgan fingerprint density at radius 1 is 1.08 bits per heavy atom. The third-order valence-electron chi connectivity index (χ3n) is 5.45. The lowest BCUT2D eigenvalue weighted by atomic mass is 10.1. The van der Waals surface area contributed by atoms with Crippen molar-refractivity contribution in [3.63, 3.8) is 0 Å². The summed E-state index contributed by atoms with van der Waals surface area (Å²) in [6.07, 6.45) is -3.39. The number of nitrogens with one attached hydrogen (secondary N) is 2. The number of fused-ring (bicyclic) bond motifs is 3. The summed E-state index contributed by atoms with van der Waals surface area (Å²) in [7, 11) is -0.784. The molecule has 0 saturated heterocycles. The molecule has 5 rings (SSSR count). The lowest BCUT2D eigenvalue weighted by molar-refractivity contribution is -0.275. The van der Waals surface area contributed by atoms with Crippen molar-refractivity contribution in [3.05, 3.63) is 60.4 Å². The summed E-state index contributed by atoms with van der Waals surface area (Å²) in [5, 5.41) is 2.98. The van der Waals surface area contributed by atoms with Crippen LogP contribution in [0.1, 0.15) is 5.56 Å². The molecule has 0 fully saturated rings. The van der Waals surface area contributed by atoms with Gasteiger partial charge in [0.25, 0.3) is 5.71 Å². The second kappa shape index (κ2) is 9.05. The van der Waals surface area contributed by atoms with E-state index in [9.17, 15) is 21.6 Å². The number of oxazole rings is 1. The van der Waals surface area contributed by atoms with Crippen LogP contribution in [0.4, 0.5) is 19.0 Å². The SMILES string of the molecule is CNc1nc2oc(-c3cccc(CNS(=O)(=O)c4ccccc4OC(F)(F)F)c3)nc2c2c1ncn2C. The van der Waals surface area contributed by atoms with Crippen LogP contribution in [0.25, 0.3) is 33.7 Å². The molecule has 0 saturated carbocycles. The summed E-state index contributed by atoms with van der Waals surface area (Å²) in [5.74, 6) is -0.0340. The molecule has 37 heavy (non-hydrogen) atoms. The number of alkyl halides is 3. The van der Waals surface area contributed by atoms with Crippen LogP contribution in [0.3, 0.4) is 0 Å². The average Bonchev–Trinajstić information content (AvgIpc) is 3.45. The maximum Gasteiger partial charge on any atom is 0.573 e. The van der Waals surface area contributed by atoms with Crippen molar-refractivity contribution in [1.82, 2.24) is 24.2 Å². The molecule has 0 aliphatic carbocycles. The Morgan fingerprint density at radius 3 is 2.62 bits per heavy atom. The fraction of sp³-hybridized carbons (Fsp3) is 0.174. The second-order valence-corrected chi connectivity index (χ2v) is 9.69. The molecular weight excluding hydrogens is 513 g/mol. The minimum absolute atomic E-state index is 0.203. The van der Waals surface area contributed by atoms with Gasteiger partial charge in [0.05, 0.1) is 6.33 Å². The molecule has 10 nitrogen and oxygen atoms in total. The highest BCUT2D eigenvalue weighted by Crippen LogP contribution is 2.32. The zero-order chi connectivity index (χ0) is 26.4. The molecule has 3 aromatic heterocycles. The first-order valence-corrected chi connectivity index (χ1v) is 12.3. The van der Waals surface area contributed by atoms with Crippen LogP contribution in [0, 0.1) is 0 Å².